The van der Waals surface area contributed by atoms with Crippen LogP contribution in [-0.4, -0.2) is 73.1 Å². The quantitative estimate of drug-likeness (QED) is 0.843. The van der Waals surface area contributed by atoms with Crippen molar-refractivity contribution in [3.8, 4) is 0 Å². The van der Waals surface area contributed by atoms with Gasteiger partial charge in [-0.2, -0.15) is 10.2 Å². The maximum Gasteiger partial charge on any atom is 0.253 e. The fourth-order valence-electron chi connectivity index (χ4n) is 3.50. The minimum Gasteiger partial charge on any atom is -0.383 e. The second kappa shape index (κ2) is 7.81. The third-order valence-electron chi connectivity index (χ3n) is 4.61. The molecule has 0 spiro atoms. The van der Waals surface area contributed by atoms with Crippen LogP contribution < -0.4 is 5.32 Å². The summed E-state index contributed by atoms with van der Waals surface area (Å²) in [6.07, 6.45) is 5.35. The van der Waals surface area contributed by atoms with E-state index in [0.717, 1.165) is 39.1 Å². The van der Waals surface area contributed by atoms with E-state index in [-0.39, 0.29) is 18.1 Å². The van der Waals surface area contributed by atoms with Crippen molar-refractivity contribution in [1.29, 1.82) is 0 Å². The van der Waals surface area contributed by atoms with Crippen molar-refractivity contribution in [2.45, 2.75) is 25.0 Å². The van der Waals surface area contributed by atoms with Crippen LogP contribution in [0.5, 0.6) is 0 Å². The van der Waals surface area contributed by atoms with E-state index in [1.807, 2.05) is 0 Å². The Morgan fingerprint density at radius 3 is 3.17 bits per heavy atom. The van der Waals surface area contributed by atoms with Gasteiger partial charge in [0.25, 0.3) is 5.91 Å². The number of nitrogens with one attached hydrogen (secondary N) is 1. The van der Waals surface area contributed by atoms with Crippen LogP contribution in [0.2, 0.25) is 0 Å². The molecular weight excluding hydrogens is 296 g/mol. The molecule has 3 rings (SSSR count). The number of amides is 1. The maximum absolute atomic E-state index is 12.4. The smallest absolute Gasteiger partial charge is 0.253 e. The van der Waals surface area contributed by atoms with Crippen LogP contribution in [-0.2, 0) is 9.47 Å². The van der Waals surface area contributed by atoms with E-state index in [0.29, 0.717) is 18.1 Å². The Morgan fingerprint density at radius 1 is 1.48 bits per heavy atom. The standard InChI is InChI=1S/C16H24N4O3/c1-22-8-6-20-10-13-3-2-7-23-15(13)14(11-20)19-16(21)12-4-5-17-18-9-12/h4-5,9,13-15H,2-3,6-8,10-11H2,1H3,(H,19,21)/t13-,14+,15-/m0/s1. The summed E-state index contributed by atoms with van der Waals surface area (Å²) in [5.74, 6) is 0.349. The first kappa shape index (κ1) is 16.3. The van der Waals surface area contributed by atoms with Crippen molar-refractivity contribution in [1.82, 2.24) is 20.4 Å². The lowest BCUT2D eigenvalue weighted by atomic mass is 9.85. The van der Waals surface area contributed by atoms with Crippen molar-refractivity contribution in [3.05, 3.63) is 24.0 Å². The molecule has 0 radical (unpaired) electrons. The molecule has 126 valence electrons. The van der Waals surface area contributed by atoms with Gasteiger partial charge in [0, 0.05) is 33.4 Å². The predicted octanol–water partition coefficient (Wildman–Crippen LogP) is 0.332. The molecule has 2 fully saturated rings. The molecule has 2 aliphatic heterocycles. The molecule has 1 aromatic rings. The Kier molecular flexibility index (Phi) is 5.53. The number of carbonyl (C=O) groups excluding carboxylic acids is 1. The summed E-state index contributed by atoms with van der Waals surface area (Å²) in [4.78, 5) is 14.8. The highest BCUT2D eigenvalue weighted by Crippen LogP contribution is 2.28. The van der Waals surface area contributed by atoms with Crippen molar-refractivity contribution in [2.24, 2.45) is 5.92 Å². The fraction of sp³-hybridized carbons (Fsp3) is 0.688. The molecule has 0 aliphatic carbocycles. The van der Waals surface area contributed by atoms with Crippen molar-refractivity contribution in [3.63, 3.8) is 0 Å². The Hall–Kier alpha value is -1.57. The number of ether oxygens (including phenoxy) is 2. The van der Waals surface area contributed by atoms with Gasteiger partial charge < -0.3 is 14.8 Å². The molecule has 0 saturated carbocycles. The average Bonchev–Trinajstić information content (AvgIpc) is 2.60. The molecule has 1 N–H and O–H groups in total. The minimum absolute atomic E-state index is 0.00780. The SMILES string of the molecule is COCCN1C[C@@H]2CCCO[C@@H]2[C@H](NC(=O)c2ccnnc2)C1. The first-order valence-corrected chi connectivity index (χ1v) is 8.18. The normalized spacial score (nSPS) is 28.1. The Labute approximate surface area is 136 Å². The highest BCUT2D eigenvalue weighted by atomic mass is 16.5. The molecular formula is C16H24N4O3. The number of aromatic nitrogens is 2. The maximum atomic E-state index is 12.4. The number of hydrogen-bond acceptors (Lipinski definition) is 6. The number of methoxy groups -OCH3 is 1. The number of fused-ring (bicyclic) bond motifs is 1. The Morgan fingerprint density at radius 2 is 2.39 bits per heavy atom. The van der Waals surface area contributed by atoms with Crippen LogP contribution in [0.4, 0.5) is 0 Å². The summed E-state index contributed by atoms with van der Waals surface area (Å²) in [7, 11) is 1.71. The fourth-order valence-corrected chi connectivity index (χ4v) is 3.50. The van der Waals surface area contributed by atoms with Crippen LogP contribution in [0, 0.1) is 5.92 Å². The third kappa shape index (κ3) is 4.04. The molecule has 1 amide bonds. The molecule has 2 saturated heterocycles. The van der Waals surface area contributed by atoms with Crippen LogP contribution in [0.1, 0.15) is 23.2 Å². The highest BCUT2D eigenvalue weighted by molar-refractivity contribution is 5.94. The highest BCUT2D eigenvalue weighted by Gasteiger charge is 2.39. The van der Waals surface area contributed by atoms with Gasteiger partial charge in [-0.25, -0.2) is 0 Å². The van der Waals surface area contributed by atoms with Crippen LogP contribution in [0.3, 0.4) is 0 Å². The molecule has 23 heavy (non-hydrogen) atoms. The van der Waals surface area contributed by atoms with E-state index >= 15 is 0 Å². The molecule has 2 aliphatic rings. The zero-order valence-electron chi connectivity index (χ0n) is 13.5. The number of rotatable bonds is 5. The van der Waals surface area contributed by atoms with Gasteiger partial charge >= 0.3 is 0 Å². The van der Waals surface area contributed by atoms with Gasteiger partial charge in [-0.3, -0.25) is 9.69 Å². The number of nitrogens with zero attached hydrogens (tertiary/aromatic N) is 3. The van der Waals surface area contributed by atoms with Crippen molar-refractivity contribution < 1.29 is 14.3 Å². The van der Waals surface area contributed by atoms with Gasteiger partial charge in [0.1, 0.15) is 0 Å². The molecule has 3 heterocycles. The molecule has 0 aromatic carbocycles. The van der Waals surface area contributed by atoms with Crippen molar-refractivity contribution >= 4 is 5.91 Å². The lowest BCUT2D eigenvalue weighted by molar-refractivity contribution is -0.0853. The number of hydrogen-bond donors (Lipinski definition) is 1. The van der Waals surface area contributed by atoms with Gasteiger partial charge in [0.15, 0.2) is 0 Å². The second-order valence-corrected chi connectivity index (χ2v) is 6.20. The molecule has 0 bridgehead atoms. The molecule has 0 unspecified atom stereocenters. The first-order valence-electron chi connectivity index (χ1n) is 8.18. The third-order valence-corrected chi connectivity index (χ3v) is 4.61. The Bertz CT molecular complexity index is 513. The molecule has 1 aromatic heterocycles. The van der Waals surface area contributed by atoms with E-state index in [1.165, 1.54) is 12.4 Å². The zero-order valence-corrected chi connectivity index (χ0v) is 13.5. The largest absolute Gasteiger partial charge is 0.383 e. The van der Waals surface area contributed by atoms with E-state index in [4.69, 9.17) is 9.47 Å². The summed E-state index contributed by atoms with van der Waals surface area (Å²) in [5, 5.41) is 10.6. The summed E-state index contributed by atoms with van der Waals surface area (Å²) in [6, 6.07) is 1.67. The van der Waals surface area contributed by atoms with Gasteiger partial charge in [-0.05, 0) is 24.8 Å². The molecule has 7 heteroatoms. The van der Waals surface area contributed by atoms with Gasteiger partial charge in [-0.15, -0.1) is 0 Å². The van der Waals surface area contributed by atoms with E-state index in [9.17, 15) is 4.79 Å². The van der Waals surface area contributed by atoms with Crippen molar-refractivity contribution in [2.75, 3.05) is 40.0 Å². The van der Waals surface area contributed by atoms with Gasteiger partial charge in [-0.1, -0.05) is 0 Å². The van der Waals surface area contributed by atoms with E-state index in [2.05, 4.69) is 20.4 Å². The van der Waals surface area contributed by atoms with Gasteiger partial charge in [0.2, 0.25) is 0 Å². The topological polar surface area (TPSA) is 76.6 Å². The van der Waals surface area contributed by atoms with E-state index in [1.54, 1.807) is 13.2 Å². The molecule has 7 nitrogen and oxygen atoms in total. The van der Waals surface area contributed by atoms with Crippen LogP contribution in [0.15, 0.2) is 18.5 Å². The minimum atomic E-state index is -0.119. The first-order chi connectivity index (χ1) is 11.3. The second-order valence-electron chi connectivity index (χ2n) is 6.20. The lowest BCUT2D eigenvalue weighted by Gasteiger charge is -2.46. The molecule has 3 atom stereocenters. The van der Waals surface area contributed by atoms with Crippen LogP contribution >= 0.6 is 0 Å². The summed E-state index contributed by atoms with van der Waals surface area (Å²) in [6.45, 7) is 4.16. The summed E-state index contributed by atoms with van der Waals surface area (Å²) in [5.41, 5.74) is 0.529. The predicted molar refractivity (Wildman–Crippen MR) is 84.1 cm³/mol. The number of carbonyl (C=O) groups is 1. The Balaban J connectivity index is 1.67. The van der Waals surface area contributed by atoms with Crippen LogP contribution in [0.25, 0.3) is 0 Å². The number of piperidine rings is 1. The number of likely N-dealkylation sites (tertiary alicyclic amines) is 1. The van der Waals surface area contributed by atoms with Gasteiger partial charge in [0.05, 0.1) is 36.7 Å². The monoisotopic (exact) mass is 320 g/mol. The summed E-state index contributed by atoms with van der Waals surface area (Å²) >= 11 is 0. The van der Waals surface area contributed by atoms with E-state index < -0.39 is 0 Å². The average molecular weight is 320 g/mol. The lowest BCUT2D eigenvalue weighted by Crippen LogP contribution is -2.61. The zero-order chi connectivity index (χ0) is 16.1. The summed E-state index contributed by atoms with van der Waals surface area (Å²) < 4.78 is 11.2.